The second kappa shape index (κ2) is 16.2. The largest absolute Gasteiger partial charge is 0.326 e. The van der Waals surface area contributed by atoms with E-state index in [0.717, 1.165) is 19.3 Å². The van der Waals surface area contributed by atoms with E-state index in [1.165, 1.54) is 32.1 Å². The standard InChI is InChI=1S/C10H23O3P.C5H12/c1-4-5-6-7-10(8-9(2)3)13-14(11)12;1-3-5-4-2/h9-10,14H,4-8H2,1-3H3,(H,11,12);3-5H2,1-2H3. The molecule has 19 heavy (non-hydrogen) atoms. The van der Waals surface area contributed by atoms with Gasteiger partial charge in [0.1, 0.15) is 0 Å². The first-order valence-corrected chi connectivity index (χ1v) is 9.13. The van der Waals surface area contributed by atoms with Crippen LogP contribution in [0, 0.1) is 5.92 Å². The molecule has 0 fully saturated rings. The van der Waals surface area contributed by atoms with Gasteiger partial charge < -0.3 is 9.42 Å². The minimum atomic E-state index is -2.77. The number of unbranched alkanes of at least 4 members (excludes halogenated alkanes) is 4. The molecule has 0 aliphatic heterocycles. The lowest BCUT2D eigenvalue weighted by Crippen LogP contribution is -2.12. The molecule has 0 saturated heterocycles. The highest BCUT2D eigenvalue weighted by Gasteiger charge is 2.12. The maximum absolute atomic E-state index is 10.6. The lowest BCUT2D eigenvalue weighted by atomic mass is 10.0. The van der Waals surface area contributed by atoms with Gasteiger partial charge in [-0.2, -0.15) is 0 Å². The van der Waals surface area contributed by atoms with E-state index >= 15 is 0 Å². The molecule has 0 rings (SSSR count). The third-order valence-corrected chi connectivity index (χ3v) is 3.37. The van der Waals surface area contributed by atoms with E-state index in [2.05, 4.69) is 34.6 Å². The van der Waals surface area contributed by atoms with E-state index in [-0.39, 0.29) is 6.10 Å². The maximum atomic E-state index is 10.6. The Hall–Kier alpha value is 0.150. The van der Waals surface area contributed by atoms with Crippen LogP contribution in [-0.2, 0) is 9.09 Å². The van der Waals surface area contributed by atoms with E-state index in [9.17, 15) is 4.57 Å². The molecule has 2 atom stereocenters. The van der Waals surface area contributed by atoms with Crippen molar-refractivity contribution in [1.82, 2.24) is 0 Å². The molecule has 1 N–H and O–H groups in total. The zero-order valence-electron chi connectivity index (χ0n) is 13.6. The molecule has 0 amide bonds. The Bertz CT molecular complexity index is 194. The molecule has 0 aromatic rings. The van der Waals surface area contributed by atoms with E-state index in [1.807, 2.05) is 0 Å². The van der Waals surface area contributed by atoms with Crippen molar-refractivity contribution >= 4 is 8.25 Å². The van der Waals surface area contributed by atoms with Gasteiger partial charge in [0.15, 0.2) is 0 Å². The zero-order valence-corrected chi connectivity index (χ0v) is 14.6. The van der Waals surface area contributed by atoms with Crippen LogP contribution in [0.25, 0.3) is 0 Å². The van der Waals surface area contributed by atoms with Crippen molar-refractivity contribution in [3.8, 4) is 0 Å². The summed E-state index contributed by atoms with van der Waals surface area (Å²) in [5.41, 5.74) is 0. The van der Waals surface area contributed by atoms with Crippen LogP contribution < -0.4 is 0 Å². The summed E-state index contributed by atoms with van der Waals surface area (Å²) in [6, 6.07) is 0. The summed E-state index contributed by atoms with van der Waals surface area (Å²) in [6.45, 7) is 10.8. The van der Waals surface area contributed by atoms with E-state index in [0.29, 0.717) is 5.92 Å². The van der Waals surface area contributed by atoms with Crippen LogP contribution in [0.3, 0.4) is 0 Å². The molecule has 0 bridgehead atoms. The first-order chi connectivity index (χ1) is 8.97. The van der Waals surface area contributed by atoms with E-state index < -0.39 is 8.25 Å². The summed E-state index contributed by atoms with van der Waals surface area (Å²) in [7, 11) is -2.77. The molecule has 4 heteroatoms. The minimum Gasteiger partial charge on any atom is -0.326 e. The van der Waals surface area contributed by atoms with Gasteiger partial charge in [-0.3, -0.25) is 4.57 Å². The van der Waals surface area contributed by atoms with Gasteiger partial charge in [-0.25, -0.2) is 0 Å². The molecular weight excluding hydrogens is 259 g/mol. The monoisotopic (exact) mass is 294 g/mol. The SMILES string of the molecule is CCCCC.CCCCCC(CC(C)C)O[PH](=O)O. The van der Waals surface area contributed by atoms with Gasteiger partial charge in [0.25, 0.3) is 0 Å². The van der Waals surface area contributed by atoms with Crippen molar-refractivity contribution in [2.75, 3.05) is 0 Å². The van der Waals surface area contributed by atoms with Crippen molar-refractivity contribution in [1.29, 1.82) is 0 Å². The molecule has 0 aliphatic carbocycles. The van der Waals surface area contributed by atoms with Crippen molar-refractivity contribution in [3.05, 3.63) is 0 Å². The van der Waals surface area contributed by atoms with Crippen LogP contribution in [0.15, 0.2) is 0 Å². The van der Waals surface area contributed by atoms with E-state index in [1.54, 1.807) is 0 Å². The fourth-order valence-electron chi connectivity index (χ4n) is 1.87. The van der Waals surface area contributed by atoms with Crippen LogP contribution in [0.2, 0.25) is 0 Å². The second-order valence-corrected chi connectivity index (χ2v) is 6.25. The first-order valence-electron chi connectivity index (χ1n) is 7.87. The molecule has 0 aromatic carbocycles. The van der Waals surface area contributed by atoms with Crippen LogP contribution >= 0.6 is 8.25 Å². The van der Waals surface area contributed by atoms with Crippen molar-refractivity contribution < 1.29 is 14.0 Å². The van der Waals surface area contributed by atoms with Crippen LogP contribution in [0.5, 0.6) is 0 Å². The Morgan fingerprint density at radius 1 is 1.00 bits per heavy atom. The topological polar surface area (TPSA) is 46.5 Å². The zero-order chi connectivity index (χ0) is 15.1. The number of rotatable bonds is 10. The van der Waals surface area contributed by atoms with Gasteiger partial charge in [0.2, 0.25) is 0 Å². The van der Waals surface area contributed by atoms with Crippen molar-refractivity contribution in [3.63, 3.8) is 0 Å². The predicted molar refractivity (Wildman–Crippen MR) is 84.9 cm³/mol. The molecule has 0 aromatic heterocycles. The molecule has 3 nitrogen and oxygen atoms in total. The molecule has 2 unspecified atom stereocenters. The molecule has 0 saturated carbocycles. The van der Waals surface area contributed by atoms with Crippen LogP contribution in [0.1, 0.15) is 86.0 Å². The lowest BCUT2D eigenvalue weighted by molar-refractivity contribution is 0.152. The first kappa shape index (κ1) is 21.4. The molecular formula is C15H35O3P. The second-order valence-electron chi connectivity index (χ2n) is 5.48. The molecule has 118 valence electrons. The van der Waals surface area contributed by atoms with Gasteiger partial charge in [0.05, 0.1) is 6.10 Å². The molecule has 0 radical (unpaired) electrons. The van der Waals surface area contributed by atoms with Gasteiger partial charge in [-0.05, 0) is 18.8 Å². The number of hydrogen-bond donors (Lipinski definition) is 1. The Morgan fingerprint density at radius 3 is 1.84 bits per heavy atom. The van der Waals surface area contributed by atoms with Gasteiger partial charge in [-0.15, -0.1) is 0 Å². The summed E-state index contributed by atoms with van der Waals surface area (Å²) in [5.74, 6) is 0.517. The lowest BCUT2D eigenvalue weighted by Gasteiger charge is -2.17. The highest BCUT2D eigenvalue weighted by atomic mass is 31.1. The average Bonchev–Trinajstić information content (AvgIpc) is 2.29. The quantitative estimate of drug-likeness (QED) is 0.423. The normalized spacial score (nSPS) is 13.8. The Kier molecular flexibility index (Phi) is 18.3. The molecule has 0 heterocycles. The third-order valence-electron chi connectivity index (χ3n) is 2.84. The Morgan fingerprint density at radius 2 is 1.53 bits per heavy atom. The fraction of sp³-hybridized carbons (Fsp3) is 1.00. The highest BCUT2D eigenvalue weighted by molar-refractivity contribution is 7.32. The highest BCUT2D eigenvalue weighted by Crippen LogP contribution is 2.25. The van der Waals surface area contributed by atoms with Crippen LogP contribution in [0.4, 0.5) is 0 Å². The smallest absolute Gasteiger partial charge is 0.316 e. The van der Waals surface area contributed by atoms with Gasteiger partial charge >= 0.3 is 8.25 Å². The Balaban J connectivity index is 0. The maximum Gasteiger partial charge on any atom is 0.316 e. The van der Waals surface area contributed by atoms with Gasteiger partial charge in [0, 0.05) is 0 Å². The summed E-state index contributed by atoms with van der Waals surface area (Å²) < 4.78 is 15.6. The van der Waals surface area contributed by atoms with Gasteiger partial charge in [-0.1, -0.05) is 73.1 Å². The predicted octanol–water partition coefficient (Wildman–Crippen LogP) is 5.58. The molecule has 0 spiro atoms. The number of hydrogen-bond acceptors (Lipinski definition) is 2. The van der Waals surface area contributed by atoms with Crippen molar-refractivity contribution in [2.45, 2.75) is 92.1 Å². The minimum absolute atomic E-state index is 0.0297. The van der Waals surface area contributed by atoms with Crippen molar-refractivity contribution in [2.24, 2.45) is 5.92 Å². The Labute approximate surface area is 121 Å². The third kappa shape index (κ3) is 20.6. The van der Waals surface area contributed by atoms with E-state index in [4.69, 9.17) is 9.42 Å². The van der Waals surface area contributed by atoms with Crippen LogP contribution in [-0.4, -0.2) is 11.0 Å². The fourth-order valence-corrected chi connectivity index (χ4v) is 2.37. The summed E-state index contributed by atoms with van der Waals surface area (Å²) >= 11 is 0. The summed E-state index contributed by atoms with van der Waals surface area (Å²) in [6.07, 6.45) is 9.25. The molecule has 0 aliphatic rings. The average molecular weight is 294 g/mol. The summed E-state index contributed by atoms with van der Waals surface area (Å²) in [5, 5.41) is 0. The summed E-state index contributed by atoms with van der Waals surface area (Å²) in [4.78, 5) is 8.72.